The SMILES string of the molecule is Cc1c(-c2cc3cccnc3n2CC2CC2)nn2cc(C(=O)N3C[C@H](F)C[C@@H](NC(=O)OC(C)(C)C)C3)cc(F)c12. The number of nitrogens with zero attached hydrogens (tertiary/aromatic N) is 5. The molecule has 1 N–H and O–H groups in total. The van der Waals surface area contributed by atoms with E-state index in [1.165, 1.54) is 34.5 Å². The minimum Gasteiger partial charge on any atom is -0.444 e. The molecule has 6 rings (SSSR count). The van der Waals surface area contributed by atoms with Gasteiger partial charge in [0.2, 0.25) is 0 Å². The number of fused-ring (bicyclic) bond motifs is 2. The molecule has 1 saturated carbocycles. The van der Waals surface area contributed by atoms with Crippen molar-refractivity contribution < 1.29 is 23.1 Å². The molecule has 0 aromatic carbocycles. The highest BCUT2D eigenvalue weighted by Gasteiger charge is 2.33. The predicted octanol–water partition coefficient (Wildman–Crippen LogP) is 5.29. The highest BCUT2D eigenvalue weighted by Crippen LogP contribution is 2.37. The standard InChI is InChI=1S/C30H34F2N6O3/c1-17-25(24-11-19-6-5-9-33-27(19)37(24)13-18-7-8-18)35-38-14-20(10-23(32)26(17)38)28(39)36-15-21(31)12-22(16-36)34-29(40)41-30(2,3)4/h5-6,9-11,14,18,21-22H,7-8,12-13,15-16H2,1-4H3,(H,34,40)/t21-,22-/m1/s1. The van der Waals surface area contributed by atoms with Crippen molar-refractivity contribution in [3.63, 3.8) is 0 Å². The van der Waals surface area contributed by atoms with Crippen LogP contribution in [-0.4, -0.2) is 67.0 Å². The van der Waals surface area contributed by atoms with Gasteiger partial charge in [0.1, 0.15) is 34.4 Å². The number of rotatable bonds is 5. The summed E-state index contributed by atoms with van der Waals surface area (Å²) in [6.07, 6.45) is 3.62. The van der Waals surface area contributed by atoms with Gasteiger partial charge in [-0.15, -0.1) is 0 Å². The number of aryl methyl sites for hydroxylation is 1. The van der Waals surface area contributed by atoms with Crippen molar-refractivity contribution in [3.8, 4) is 11.4 Å². The van der Waals surface area contributed by atoms with E-state index < -0.39 is 35.6 Å². The summed E-state index contributed by atoms with van der Waals surface area (Å²) in [6, 6.07) is 6.45. The number of ether oxygens (including phenoxy) is 1. The Bertz CT molecular complexity index is 1650. The Morgan fingerprint density at radius 3 is 2.71 bits per heavy atom. The zero-order valence-electron chi connectivity index (χ0n) is 23.7. The van der Waals surface area contributed by atoms with Gasteiger partial charge in [0, 0.05) is 42.9 Å². The first-order valence-corrected chi connectivity index (χ1v) is 14.0. The number of alkyl halides is 1. The van der Waals surface area contributed by atoms with E-state index in [9.17, 15) is 14.0 Å². The minimum absolute atomic E-state index is 0.0503. The maximum absolute atomic E-state index is 15.6. The normalized spacial score (nSPS) is 19.6. The van der Waals surface area contributed by atoms with E-state index in [0.29, 0.717) is 17.2 Å². The molecule has 41 heavy (non-hydrogen) atoms. The van der Waals surface area contributed by atoms with Crippen molar-refractivity contribution in [2.75, 3.05) is 13.1 Å². The Balaban J connectivity index is 1.30. The van der Waals surface area contributed by atoms with Gasteiger partial charge in [0.15, 0.2) is 0 Å². The van der Waals surface area contributed by atoms with E-state index in [0.717, 1.165) is 23.3 Å². The fraction of sp³-hybridized carbons (Fsp3) is 0.467. The molecule has 4 aromatic rings. The molecule has 0 radical (unpaired) electrons. The van der Waals surface area contributed by atoms with Crippen LogP contribution < -0.4 is 5.32 Å². The smallest absolute Gasteiger partial charge is 0.407 e. The number of carbonyl (C=O) groups is 2. The summed E-state index contributed by atoms with van der Waals surface area (Å²) in [5.74, 6) is -0.541. The van der Waals surface area contributed by atoms with Gasteiger partial charge in [0.05, 0.1) is 23.8 Å². The van der Waals surface area contributed by atoms with Crippen LogP contribution in [0.5, 0.6) is 0 Å². The molecule has 2 aliphatic rings. The number of hydrogen-bond donors (Lipinski definition) is 1. The van der Waals surface area contributed by atoms with Gasteiger partial charge in [-0.25, -0.2) is 23.1 Å². The molecule has 216 valence electrons. The van der Waals surface area contributed by atoms with Crippen LogP contribution in [0.3, 0.4) is 0 Å². The Morgan fingerprint density at radius 1 is 1.20 bits per heavy atom. The maximum Gasteiger partial charge on any atom is 0.407 e. The van der Waals surface area contributed by atoms with E-state index in [1.807, 2.05) is 25.1 Å². The molecule has 0 spiro atoms. The van der Waals surface area contributed by atoms with Crippen molar-refractivity contribution in [2.45, 2.75) is 71.3 Å². The lowest BCUT2D eigenvalue weighted by atomic mass is 10.0. The predicted molar refractivity (Wildman–Crippen MR) is 150 cm³/mol. The third-order valence-electron chi connectivity index (χ3n) is 7.61. The van der Waals surface area contributed by atoms with Crippen LogP contribution in [0.4, 0.5) is 13.6 Å². The van der Waals surface area contributed by atoms with E-state index in [-0.39, 0.29) is 30.6 Å². The van der Waals surface area contributed by atoms with Crippen molar-refractivity contribution in [1.82, 2.24) is 29.4 Å². The molecule has 0 unspecified atom stereocenters. The van der Waals surface area contributed by atoms with E-state index in [2.05, 4.69) is 14.9 Å². The lowest BCUT2D eigenvalue weighted by Crippen LogP contribution is -2.54. The molecule has 2 atom stereocenters. The fourth-order valence-corrected chi connectivity index (χ4v) is 5.62. The summed E-state index contributed by atoms with van der Waals surface area (Å²) < 4.78 is 39.1. The molecule has 2 fully saturated rings. The van der Waals surface area contributed by atoms with Crippen molar-refractivity contribution in [2.24, 2.45) is 5.92 Å². The molecular formula is C30H34F2N6O3. The van der Waals surface area contributed by atoms with Gasteiger partial charge in [-0.05, 0) is 70.7 Å². The molecule has 5 heterocycles. The van der Waals surface area contributed by atoms with Crippen LogP contribution in [-0.2, 0) is 11.3 Å². The second kappa shape index (κ2) is 10.1. The van der Waals surface area contributed by atoms with E-state index in [1.54, 1.807) is 27.0 Å². The molecule has 2 amide bonds. The summed E-state index contributed by atoms with van der Waals surface area (Å²) in [6.45, 7) is 7.76. The number of nitrogens with one attached hydrogen (secondary N) is 1. The number of hydrogen-bond acceptors (Lipinski definition) is 5. The third-order valence-corrected chi connectivity index (χ3v) is 7.61. The summed E-state index contributed by atoms with van der Waals surface area (Å²) in [7, 11) is 0. The molecule has 1 aliphatic heterocycles. The van der Waals surface area contributed by atoms with Gasteiger partial charge < -0.3 is 19.5 Å². The zero-order chi connectivity index (χ0) is 29.1. The number of alkyl carbamates (subject to hydrolysis) is 1. The number of aromatic nitrogens is 4. The number of pyridine rings is 2. The topological polar surface area (TPSA) is 93.8 Å². The summed E-state index contributed by atoms with van der Waals surface area (Å²) >= 11 is 0. The number of carbonyl (C=O) groups excluding carboxylic acids is 2. The monoisotopic (exact) mass is 564 g/mol. The highest BCUT2D eigenvalue weighted by atomic mass is 19.1. The molecule has 1 aliphatic carbocycles. The number of halogens is 2. The van der Waals surface area contributed by atoms with Crippen LogP contribution in [0.1, 0.15) is 56.0 Å². The van der Waals surface area contributed by atoms with Crippen molar-refractivity contribution >= 4 is 28.6 Å². The largest absolute Gasteiger partial charge is 0.444 e. The summed E-state index contributed by atoms with van der Waals surface area (Å²) in [5, 5.41) is 8.36. The summed E-state index contributed by atoms with van der Waals surface area (Å²) in [5.41, 5.74) is 2.61. The molecule has 9 nitrogen and oxygen atoms in total. The highest BCUT2D eigenvalue weighted by molar-refractivity contribution is 5.95. The van der Waals surface area contributed by atoms with Crippen LogP contribution in [0.15, 0.2) is 36.7 Å². The third kappa shape index (κ3) is 5.49. The number of piperidine rings is 1. The Hall–Kier alpha value is -4.02. The lowest BCUT2D eigenvalue weighted by molar-refractivity contribution is 0.0394. The number of likely N-dealkylation sites (tertiary alicyclic amines) is 1. The molecule has 4 aromatic heterocycles. The zero-order valence-corrected chi connectivity index (χ0v) is 23.7. The quantitative estimate of drug-likeness (QED) is 0.356. The van der Waals surface area contributed by atoms with E-state index in [4.69, 9.17) is 9.84 Å². The molecule has 1 saturated heterocycles. The van der Waals surface area contributed by atoms with Gasteiger partial charge >= 0.3 is 6.09 Å². The lowest BCUT2D eigenvalue weighted by Gasteiger charge is -2.35. The van der Waals surface area contributed by atoms with Gasteiger partial charge in [-0.3, -0.25) is 4.79 Å². The molecular weight excluding hydrogens is 530 g/mol. The minimum atomic E-state index is -1.35. The number of amides is 2. The van der Waals surface area contributed by atoms with Gasteiger partial charge in [-0.2, -0.15) is 5.10 Å². The second-order valence-corrected chi connectivity index (χ2v) is 12.2. The fourth-order valence-electron chi connectivity index (χ4n) is 5.62. The Morgan fingerprint density at radius 2 is 1.98 bits per heavy atom. The average molecular weight is 565 g/mol. The summed E-state index contributed by atoms with van der Waals surface area (Å²) in [4.78, 5) is 31.6. The molecule has 11 heteroatoms. The average Bonchev–Trinajstić information content (AvgIpc) is 3.55. The van der Waals surface area contributed by atoms with Crippen molar-refractivity contribution in [1.29, 1.82) is 0 Å². The van der Waals surface area contributed by atoms with Gasteiger partial charge in [-0.1, -0.05) is 0 Å². The maximum atomic E-state index is 15.6. The first-order valence-electron chi connectivity index (χ1n) is 14.0. The van der Waals surface area contributed by atoms with E-state index >= 15 is 4.39 Å². The first-order chi connectivity index (χ1) is 19.5. The van der Waals surface area contributed by atoms with Crippen molar-refractivity contribution in [3.05, 3.63) is 53.6 Å². The Labute approximate surface area is 236 Å². The van der Waals surface area contributed by atoms with Crippen LogP contribution >= 0.6 is 0 Å². The second-order valence-electron chi connectivity index (χ2n) is 12.2. The van der Waals surface area contributed by atoms with Crippen LogP contribution in [0, 0.1) is 18.7 Å². The first kappa shape index (κ1) is 27.2. The van der Waals surface area contributed by atoms with Gasteiger partial charge in [0.25, 0.3) is 5.91 Å². The van der Waals surface area contributed by atoms with Crippen LogP contribution in [0.2, 0.25) is 0 Å². The van der Waals surface area contributed by atoms with Crippen LogP contribution in [0.25, 0.3) is 27.9 Å². The Kier molecular flexibility index (Phi) is 6.70. The molecule has 0 bridgehead atoms.